The predicted molar refractivity (Wildman–Crippen MR) is 56.8 cm³/mol. The van der Waals surface area contributed by atoms with Crippen molar-refractivity contribution in [2.75, 3.05) is 0 Å². The number of hydrogen-bond donors (Lipinski definition) is 0. The number of Topliss-reactive ketones (excluding diaryl/α,β-unsaturated/α-hetero) is 1. The number of hydrogen-bond acceptors (Lipinski definition) is 2. The quantitative estimate of drug-likeness (QED) is 0.624. The molecule has 106 valence electrons. The van der Waals surface area contributed by atoms with Crippen LogP contribution in [0.25, 0.3) is 0 Å². The lowest BCUT2D eigenvalue weighted by Crippen LogP contribution is -2.35. The molecule has 0 aliphatic carbocycles. The van der Waals surface area contributed by atoms with E-state index in [0.29, 0.717) is 6.07 Å². The molecular weight excluding hydrogens is 271 g/mol. The standard InChI is InChI=1S/C12H11F5O2/c1-6(19-7(2)12(15,16)17)11(18)9-4-3-8(13)5-10(9)14/h3-7H,1-2H3. The summed E-state index contributed by atoms with van der Waals surface area (Å²) in [6.45, 7) is 1.82. The van der Waals surface area contributed by atoms with Gasteiger partial charge in [0.1, 0.15) is 17.7 Å². The van der Waals surface area contributed by atoms with E-state index in [-0.39, 0.29) is 0 Å². The van der Waals surface area contributed by atoms with Crippen molar-refractivity contribution in [3.63, 3.8) is 0 Å². The van der Waals surface area contributed by atoms with E-state index in [0.717, 1.165) is 26.0 Å². The number of halogens is 5. The van der Waals surface area contributed by atoms with Crippen molar-refractivity contribution in [2.45, 2.75) is 32.2 Å². The number of alkyl halides is 3. The Kier molecular flexibility index (Phi) is 4.62. The van der Waals surface area contributed by atoms with Gasteiger partial charge < -0.3 is 4.74 Å². The molecule has 0 aromatic heterocycles. The summed E-state index contributed by atoms with van der Waals surface area (Å²) in [5.74, 6) is -3.00. The molecule has 2 atom stereocenters. The first-order chi connectivity index (χ1) is 8.62. The van der Waals surface area contributed by atoms with E-state index in [1.54, 1.807) is 0 Å². The molecule has 1 rings (SSSR count). The second-order valence-electron chi connectivity index (χ2n) is 3.95. The lowest BCUT2D eigenvalue weighted by atomic mass is 10.1. The molecule has 2 nitrogen and oxygen atoms in total. The highest BCUT2D eigenvalue weighted by molar-refractivity contribution is 5.99. The van der Waals surface area contributed by atoms with Gasteiger partial charge in [0.2, 0.25) is 0 Å². The summed E-state index contributed by atoms with van der Waals surface area (Å²) in [6.07, 6.45) is -8.26. The Hall–Kier alpha value is -1.50. The van der Waals surface area contributed by atoms with Crippen LogP contribution in [0.15, 0.2) is 18.2 Å². The highest BCUT2D eigenvalue weighted by Crippen LogP contribution is 2.24. The molecule has 0 aliphatic heterocycles. The van der Waals surface area contributed by atoms with Gasteiger partial charge >= 0.3 is 6.18 Å². The van der Waals surface area contributed by atoms with E-state index < -0.39 is 41.4 Å². The fourth-order valence-corrected chi connectivity index (χ4v) is 1.35. The molecule has 1 aromatic rings. The largest absolute Gasteiger partial charge is 0.414 e. The van der Waals surface area contributed by atoms with Crippen LogP contribution in [0.3, 0.4) is 0 Å². The maximum absolute atomic E-state index is 13.3. The monoisotopic (exact) mass is 282 g/mol. The van der Waals surface area contributed by atoms with Gasteiger partial charge in [-0.1, -0.05) is 0 Å². The minimum Gasteiger partial charge on any atom is -0.358 e. The molecule has 0 N–H and O–H groups in total. The van der Waals surface area contributed by atoms with Crippen molar-refractivity contribution in [3.05, 3.63) is 35.4 Å². The number of benzene rings is 1. The average molecular weight is 282 g/mol. The molecule has 1 aromatic carbocycles. The smallest absolute Gasteiger partial charge is 0.358 e. The average Bonchev–Trinajstić information content (AvgIpc) is 2.26. The van der Waals surface area contributed by atoms with Crippen LogP contribution in [-0.4, -0.2) is 24.2 Å². The highest BCUT2D eigenvalue weighted by Gasteiger charge is 2.39. The molecule has 0 aliphatic rings. The maximum atomic E-state index is 13.3. The first kappa shape index (κ1) is 15.6. The molecule has 0 heterocycles. The lowest BCUT2D eigenvalue weighted by Gasteiger charge is -2.20. The normalized spacial score (nSPS) is 15.1. The Labute approximate surface area is 106 Å². The molecule has 0 saturated carbocycles. The predicted octanol–water partition coefficient (Wildman–Crippen LogP) is 3.50. The zero-order valence-electron chi connectivity index (χ0n) is 10.1. The van der Waals surface area contributed by atoms with E-state index in [1.165, 1.54) is 0 Å². The van der Waals surface area contributed by atoms with Crippen LogP contribution >= 0.6 is 0 Å². The number of ketones is 1. The number of ether oxygens (including phenoxy) is 1. The zero-order valence-corrected chi connectivity index (χ0v) is 10.1. The minimum absolute atomic E-state index is 0.479. The zero-order chi connectivity index (χ0) is 14.8. The summed E-state index contributed by atoms with van der Waals surface area (Å²) in [6, 6.07) is 2.19. The third kappa shape index (κ3) is 3.99. The minimum atomic E-state index is -4.62. The number of rotatable bonds is 4. The Morgan fingerprint density at radius 1 is 1.21 bits per heavy atom. The number of carbonyl (C=O) groups is 1. The molecule has 0 radical (unpaired) electrons. The fourth-order valence-electron chi connectivity index (χ4n) is 1.35. The first-order valence-electron chi connectivity index (χ1n) is 5.34. The van der Waals surface area contributed by atoms with Crippen molar-refractivity contribution in [3.8, 4) is 0 Å². The number of carbonyl (C=O) groups excluding carboxylic acids is 1. The van der Waals surface area contributed by atoms with Gasteiger partial charge in [-0.15, -0.1) is 0 Å². The molecular formula is C12H11F5O2. The highest BCUT2D eigenvalue weighted by atomic mass is 19.4. The van der Waals surface area contributed by atoms with Gasteiger partial charge in [0.25, 0.3) is 0 Å². The van der Waals surface area contributed by atoms with Crippen molar-refractivity contribution < 1.29 is 31.5 Å². The van der Waals surface area contributed by atoms with Gasteiger partial charge in [0.05, 0.1) is 5.56 Å². The van der Waals surface area contributed by atoms with Crippen molar-refractivity contribution in [1.82, 2.24) is 0 Å². The topological polar surface area (TPSA) is 26.3 Å². The second-order valence-corrected chi connectivity index (χ2v) is 3.95. The van der Waals surface area contributed by atoms with Crippen LogP contribution in [0.5, 0.6) is 0 Å². The van der Waals surface area contributed by atoms with E-state index in [4.69, 9.17) is 0 Å². The van der Waals surface area contributed by atoms with Crippen LogP contribution in [0.4, 0.5) is 22.0 Å². The van der Waals surface area contributed by atoms with Crippen LogP contribution in [0.2, 0.25) is 0 Å². The third-order valence-corrected chi connectivity index (χ3v) is 2.44. The van der Waals surface area contributed by atoms with Gasteiger partial charge in [0, 0.05) is 6.07 Å². The summed E-state index contributed by atoms with van der Waals surface area (Å²) in [7, 11) is 0. The first-order valence-corrected chi connectivity index (χ1v) is 5.34. The summed E-state index contributed by atoms with van der Waals surface area (Å²) < 4.78 is 67.2. The molecule has 19 heavy (non-hydrogen) atoms. The van der Waals surface area contributed by atoms with E-state index >= 15 is 0 Å². The molecule has 0 saturated heterocycles. The Balaban J connectivity index is 2.83. The van der Waals surface area contributed by atoms with Crippen LogP contribution in [-0.2, 0) is 4.74 Å². The van der Waals surface area contributed by atoms with Crippen LogP contribution in [0.1, 0.15) is 24.2 Å². The van der Waals surface area contributed by atoms with Gasteiger partial charge in [-0.2, -0.15) is 13.2 Å². The van der Waals surface area contributed by atoms with Crippen molar-refractivity contribution in [2.24, 2.45) is 0 Å². The molecule has 0 spiro atoms. The fraction of sp³-hybridized carbons (Fsp3) is 0.417. The van der Waals surface area contributed by atoms with Crippen molar-refractivity contribution in [1.29, 1.82) is 0 Å². The Morgan fingerprint density at radius 3 is 2.26 bits per heavy atom. The SMILES string of the molecule is CC(OC(C)C(F)(F)F)C(=O)c1ccc(F)cc1F. The second kappa shape index (κ2) is 5.64. The third-order valence-electron chi connectivity index (χ3n) is 2.44. The van der Waals surface area contributed by atoms with Gasteiger partial charge in [0.15, 0.2) is 11.9 Å². The van der Waals surface area contributed by atoms with E-state index in [1.807, 2.05) is 0 Å². The molecule has 7 heteroatoms. The maximum Gasteiger partial charge on any atom is 0.414 e. The van der Waals surface area contributed by atoms with Gasteiger partial charge in [-0.25, -0.2) is 8.78 Å². The van der Waals surface area contributed by atoms with E-state index in [2.05, 4.69) is 4.74 Å². The summed E-state index contributed by atoms with van der Waals surface area (Å²) in [5, 5.41) is 0. The summed E-state index contributed by atoms with van der Waals surface area (Å²) in [4.78, 5) is 11.7. The van der Waals surface area contributed by atoms with Gasteiger partial charge in [-0.3, -0.25) is 4.79 Å². The molecule has 0 amide bonds. The van der Waals surface area contributed by atoms with Crippen LogP contribution < -0.4 is 0 Å². The Morgan fingerprint density at radius 2 is 1.79 bits per heavy atom. The van der Waals surface area contributed by atoms with E-state index in [9.17, 15) is 26.7 Å². The lowest BCUT2D eigenvalue weighted by molar-refractivity contribution is -0.219. The molecule has 0 fully saturated rings. The van der Waals surface area contributed by atoms with Crippen molar-refractivity contribution >= 4 is 5.78 Å². The summed E-state index contributed by atoms with van der Waals surface area (Å²) >= 11 is 0. The van der Waals surface area contributed by atoms with Gasteiger partial charge in [-0.05, 0) is 26.0 Å². The Bertz CT molecular complexity index is 470. The van der Waals surface area contributed by atoms with Crippen LogP contribution in [0, 0.1) is 11.6 Å². The summed E-state index contributed by atoms with van der Waals surface area (Å²) in [5.41, 5.74) is -0.511. The molecule has 2 unspecified atom stereocenters. The molecule has 0 bridgehead atoms.